The van der Waals surface area contributed by atoms with Crippen molar-refractivity contribution in [2.75, 3.05) is 0 Å². The molecular weight excluding hydrogens is 348 g/mol. The number of nitrogens with one attached hydrogen (secondary N) is 1. The molecule has 1 amide bonds. The van der Waals surface area contributed by atoms with Crippen LogP contribution in [-0.2, 0) is 6.54 Å². The van der Waals surface area contributed by atoms with Crippen LogP contribution in [0.1, 0.15) is 31.8 Å². The number of nitrogens with zero attached hydrogens (tertiary/aromatic N) is 1. The van der Waals surface area contributed by atoms with Crippen molar-refractivity contribution in [3.63, 3.8) is 0 Å². The van der Waals surface area contributed by atoms with Gasteiger partial charge in [0.1, 0.15) is 0 Å². The quantitative estimate of drug-likeness (QED) is 0.534. The van der Waals surface area contributed by atoms with Gasteiger partial charge in [-0.05, 0) is 41.0 Å². The maximum absolute atomic E-state index is 12.8. The van der Waals surface area contributed by atoms with E-state index >= 15 is 0 Å². The topological polar surface area (TPSA) is 59.1 Å². The summed E-state index contributed by atoms with van der Waals surface area (Å²) in [6.07, 6.45) is 3.42. The number of pyridine rings is 1. The molecular formula is C24H18N2O2. The number of hydrogen-bond acceptors (Lipinski definition) is 3. The summed E-state index contributed by atoms with van der Waals surface area (Å²) < 4.78 is 0. The van der Waals surface area contributed by atoms with Crippen LogP contribution in [0.4, 0.5) is 0 Å². The van der Waals surface area contributed by atoms with Gasteiger partial charge in [0.25, 0.3) is 5.91 Å². The number of amides is 1. The van der Waals surface area contributed by atoms with Crippen molar-refractivity contribution in [2.45, 2.75) is 6.54 Å². The lowest BCUT2D eigenvalue weighted by Crippen LogP contribution is -2.22. The molecule has 2 aliphatic rings. The molecule has 4 rings (SSSR count). The number of carbonyl (C=O) groups is 2. The predicted octanol–water partition coefficient (Wildman–Crippen LogP) is 4.35. The Morgan fingerprint density at radius 3 is 2.36 bits per heavy atom. The molecule has 0 unspecified atom stereocenters. The van der Waals surface area contributed by atoms with Crippen LogP contribution in [0.5, 0.6) is 0 Å². The molecule has 0 aliphatic heterocycles. The van der Waals surface area contributed by atoms with Crippen molar-refractivity contribution in [1.82, 2.24) is 10.3 Å². The Kier molecular flexibility index (Phi) is 4.93. The zero-order valence-corrected chi connectivity index (χ0v) is 15.1. The van der Waals surface area contributed by atoms with Gasteiger partial charge in [-0.2, -0.15) is 0 Å². The van der Waals surface area contributed by atoms with Crippen LogP contribution in [0.25, 0.3) is 11.1 Å². The number of carbonyl (C=O) groups excluding carboxylic acids is 2. The second kappa shape index (κ2) is 7.84. The smallest absolute Gasteiger partial charge is 0.251 e. The van der Waals surface area contributed by atoms with Crippen molar-refractivity contribution in [3.05, 3.63) is 114 Å². The standard InChI is InChI=1S/C24H18N2O2/c27-23(19-6-2-1-3-7-19)22-13-10-18-8-9-20(11-12-21(18)22)24(28)26-16-17-5-4-14-25-15-17/h1-15H,16H2,(H,26,28). The average molecular weight is 366 g/mol. The maximum Gasteiger partial charge on any atom is 0.251 e. The van der Waals surface area contributed by atoms with Gasteiger partial charge in [0.2, 0.25) is 0 Å². The minimum Gasteiger partial charge on any atom is -0.348 e. The van der Waals surface area contributed by atoms with Crippen LogP contribution in [0, 0.1) is 0 Å². The molecule has 2 aliphatic carbocycles. The first-order valence-electron chi connectivity index (χ1n) is 9.02. The summed E-state index contributed by atoms with van der Waals surface area (Å²) in [5.74, 6) is -0.193. The number of fused-ring (bicyclic) bond motifs is 1. The Morgan fingerprint density at radius 1 is 0.786 bits per heavy atom. The Labute approximate surface area is 163 Å². The van der Waals surface area contributed by atoms with E-state index in [4.69, 9.17) is 0 Å². The molecule has 28 heavy (non-hydrogen) atoms. The molecule has 0 bridgehead atoms. The molecule has 0 saturated heterocycles. The average Bonchev–Trinajstić information content (AvgIpc) is 3.04. The molecule has 4 heteroatoms. The molecule has 2 aromatic rings. The molecule has 1 aromatic carbocycles. The molecule has 4 nitrogen and oxygen atoms in total. The van der Waals surface area contributed by atoms with Gasteiger partial charge >= 0.3 is 0 Å². The van der Waals surface area contributed by atoms with E-state index in [1.54, 1.807) is 36.7 Å². The van der Waals surface area contributed by atoms with E-state index in [1.807, 2.05) is 54.6 Å². The summed E-state index contributed by atoms with van der Waals surface area (Å²) in [6.45, 7) is 0.411. The molecule has 0 spiro atoms. The van der Waals surface area contributed by atoms with Crippen molar-refractivity contribution in [2.24, 2.45) is 0 Å². The van der Waals surface area contributed by atoms with Gasteiger partial charge in [-0.3, -0.25) is 14.6 Å². The van der Waals surface area contributed by atoms with E-state index in [-0.39, 0.29) is 11.7 Å². The van der Waals surface area contributed by atoms with E-state index in [0.717, 1.165) is 16.7 Å². The minimum atomic E-state index is -0.169. The number of hydrogen-bond donors (Lipinski definition) is 1. The van der Waals surface area contributed by atoms with Crippen LogP contribution in [0.15, 0.2) is 91.3 Å². The van der Waals surface area contributed by atoms with Gasteiger partial charge in [0, 0.05) is 35.6 Å². The van der Waals surface area contributed by atoms with Gasteiger partial charge in [-0.1, -0.05) is 54.6 Å². The molecule has 0 radical (unpaired) electrons. The Bertz CT molecular complexity index is 1090. The fourth-order valence-electron chi connectivity index (χ4n) is 3.13. The third kappa shape index (κ3) is 3.67. The van der Waals surface area contributed by atoms with Crippen LogP contribution in [0.3, 0.4) is 0 Å². The third-order valence-electron chi connectivity index (χ3n) is 4.62. The van der Waals surface area contributed by atoms with E-state index in [0.29, 0.717) is 23.2 Å². The lowest BCUT2D eigenvalue weighted by Gasteiger charge is -2.03. The second-order valence-corrected chi connectivity index (χ2v) is 6.48. The van der Waals surface area contributed by atoms with E-state index in [9.17, 15) is 9.59 Å². The summed E-state index contributed by atoms with van der Waals surface area (Å²) >= 11 is 0. The lowest BCUT2D eigenvalue weighted by atomic mass is 10.0. The second-order valence-electron chi connectivity index (χ2n) is 6.48. The molecule has 1 aromatic heterocycles. The molecule has 1 N–H and O–H groups in total. The van der Waals surface area contributed by atoms with Crippen molar-refractivity contribution >= 4 is 11.7 Å². The zero-order valence-electron chi connectivity index (χ0n) is 15.1. The third-order valence-corrected chi connectivity index (χ3v) is 4.62. The Balaban J connectivity index is 1.57. The molecule has 1 heterocycles. The lowest BCUT2D eigenvalue weighted by molar-refractivity contribution is 0.0950. The first-order chi connectivity index (χ1) is 13.7. The van der Waals surface area contributed by atoms with E-state index in [2.05, 4.69) is 10.3 Å². The van der Waals surface area contributed by atoms with Crippen molar-refractivity contribution in [1.29, 1.82) is 0 Å². The zero-order chi connectivity index (χ0) is 19.3. The molecule has 0 atom stereocenters. The highest BCUT2D eigenvalue weighted by Crippen LogP contribution is 2.29. The van der Waals surface area contributed by atoms with Crippen LogP contribution in [0.2, 0.25) is 0 Å². The number of rotatable bonds is 5. The molecule has 0 saturated carbocycles. The Morgan fingerprint density at radius 2 is 1.57 bits per heavy atom. The van der Waals surface area contributed by atoms with Gasteiger partial charge < -0.3 is 5.32 Å². The molecule has 0 fully saturated rings. The highest BCUT2D eigenvalue weighted by molar-refractivity contribution is 6.13. The SMILES string of the molecule is O=C(NCc1cccnc1)c1ccc2ccc(C(=O)c3ccccc3)c-2cc1. The highest BCUT2D eigenvalue weighted by Gasteiger charge is 2.17. The van der Waals surface area contributed by atoms with Gasteiger partial charge in [-0.15, -0.1) is 0 Å². The van der Waals surface area contributed by atoms with Gasteiger partial charge in [0.05, 0.1) is 0 Å². The van der Waals surface area contributed by atoms with Crippen LogP contribution in [-0.4, -0.2) is 16.7 Å². The monoisotopic (exact) mass is 366 g/mol. The van der Waals surface area contributed by atoms with Crippen molar-refractivity contribution in [3.8, 4) is 11.1 Å². The number of aromatic nitrogens is 1. The summed E-state index contributed by atoms with van der Waals surface area (Å²) in [5, 5.41) is 2.89. The van der Waals surface area contributed by atoms with E-state index in [1.165, 1.54) is 0 Å². The molecule has 136 valence electrons. The fraction of sp³-hybridized carbons (Fsp3) is 0.0417. The predicted molar refractivity (Wildman–Crippen MR) is 108 cm³/mol. The summed E-state index contributed by atoms with van der Waals surface area (Å²) in [5.41, 5.74) is 4.52. The first-order valence-corrected chi connectivity index (χ1v) is 9.02. The highest BCUT2D eigenvalue weighted by atomic mass is 16.1. The van der Waals surface area contributed by atoms with Crippen LogP contribution < -0.4 is 5.32 Å². The van der Waals surface area contributed by atoms with Crippen LogP contribution >= 0.6 is 0 Å². The largest absolute Gasteiger partial charge is 0.348 e. The maximum atomic E-state index is 12.8. The fourth-order valence-corrected chi connectivity index (χ4v) is 3.13. The number of ketones is 1. The summed E-state index contributed by atoms with van der Waals surface area (Å²) in [7, 11) is 0. The normalized spacial score (nSPS) is 10.6. The van der Waals surface area contributed by atoms with Crippen molar-refractivity contribution < 1.29 is 9.59 Å². The first kappa shape index (κ1) is 17.6. The minimum absolute atomic E-state index is 0.0237. The summed E-state index contributed by atoms with van der Waals surface area (Å²) in [6, 6.07) is 23.9. The number of benzene rings is 1. The Hall–Kier alpha value is -3.79. The summed E-state index contributed by atoms with van der Waals surface area (Å²) in [4.78, 5) is 29.4. The van der Waals surface area contributed by atoms with E-state index < -0.39 is 0 Å². The van der Waals surface area contributed by atoms with Gasteiger partial charge in [0.15, 0.2) is 5.78 Å². The van der Waals surface area contributed by atoms with Gasteiger partial charge in [-0.25, -0.2) is 0 Å².